The minimum absolute atomic E-state index is 0.117. The summed E-state index contributed by atoms with van der Waals surface area (Å²) in [4.78, 5) is 0. The van der Waals surface area contributed by atoms with Crippen LogP contribution in [0, 0.1) is 0 Å². The maximum Gasteiger partial charge on any atom is 0.186 e. The average Bonchev–Trinajstić information content (AvgIpc) is 2.44. The first-order valence-corrected chi connectivity index (χ1v) is 7.47. The van der Waals surface area contributed by atoms with Gasteiger partial charge in [-0.25, -0.2) is 0 Å². The summed E-state index contributed by atoms with van der Waals surface area (Å²) in [6, 6.07) is 0. The number of unbranched alkanes of at least 4 members (excludes halogenated alkanes) is 3. The molecule has 0 amide bonds. The first-order valence-electron chi connectivity index (χ1n) is 7.47. The molecule has 0 bridgehead atoms. The molecule has 1 rings (SSSR count). The van der Waals surface area contributed by atoms with Gasteiger partial charge in [0.15, 0.2) is 6.29 Å². The Hall–Kier alpha value is -0.240. The molecule has 0 radical (unpaired) electrons. The van der Waals surface area contributed by atoms with Crippen LogP contribution in [0.3, 0.4) is 0 Å². The van der Waals surface area contributed by atoms with E-state index in [1.54, 1.807) is 0 Å². The van der Waals surface area contributed by atoms with Crippen LogP contribution in [0.2, 0.25) is 0 Å². The zero-order valence-corrected chi connectivity index (χ0v) is 12.3. The topological polar surface area (TPSA) is 99.4 Å². The number of rotatable bonds is 8. The van der Waals surface area contributed by atoms with Crippen molar-refractivity contribution in [2.24, 2.45) is 0 Å². The summed E-state index contributed by atoms with van der Waals surface area (Å²) < 4.78 is 10.9. The van der Waals surface area contributed by atoms with E-state index < -0.39 is 37.3 Å². The SMILES string of the molecule is CCCCCCC(C)O[C@H]1O[C@H](CO)[C@H](O)[C@H](O)[C@H]1O. The van der Waals surface area contributed by atoms with Gasteiger partial charge in [-0.05, 0) is 13.3 Å². The molecule has 120 valence electrons. The van der Waals surface area contributed by atoms with Gasteiger partial charge in [0.2, 0.25) is 0 Å². The molecule has 1 aliphatic rings. The highest BCUT2D eigenvalue weighted by Crippen LogP contribution is 2.23. The lowest BCUT2D eigenvalue weighted by molar-refractivity contribution is -0.310. The molecular weight excluding hydrogens is 264 g/mol. The zero-order chi connectivity index (χ0) is 15.1. The highest BCUT2D eigenvalue weighted by Gasteiger charge is 2.44. The van der Waals surface area contributed by atoms with E-state index in [0.717, 1.165) is 19.3 Å². The Morgan fingerprint density at radius 2 is 1.75 bits per heavy atom. The monoisotopic (exact) mass is 292 g/mol. The lowest BCUT2D eigenvalue weighted by atomic mass is 9.99. The van der Waals surface area contributed by atoms with Gasteiger partial charge in [-0.1, -0.05) is 32.6 Å². The first-order chi connectivity index (χ1) is 9.51. The quantitative estimate of drug-likeness (QED) is 0.476. The van der Waals surface area contributed by atoms with Crippen molar-refractivity contribution in [3.05, 3.63) is 0 Å². The predicted molar refractivity (Wildman–Crippen MR) is 73.1 cm³/mol. The number of aliphatic hydroxyl groups excluding tert-OH is 4. The van der Waals surface area contributed by atoms with Crippen LogP contribution >= 0.6 is 0 Å². The standard InChI is InChI=1S/C14H28O6/c1-3-4-5-6-7-9(2)19-14-13(18)12(17)11(16)10(8-15)20-14/h9-18H,3-8H2,1-2H3/t9?,10-,11+,12+,13-,14+/m1/s1. The fourth-order valence-corrected chi connectivity index (χ4v) is 2.34. The molecule has 1 fully saturated rings. The minimum atomic E-state index is -1.38. The smallest absolute Gasteiger partial charge is 0.186 e. The van der Waals surface area contributed by atoms with Gasteiger partial charge in [-0.2, -0.15) is 0 Å². The van der Waals surface area contributed by atoms with E-state index in [2.05, 4.69) is 6.92 Å². The Balaban J connectivity index is 2.40. The molecule has 6 atom stereocenters. The van der Waals surface area contributed by atoms with E-state index in [1.807, 2.05) is 6.92 Å². The van der Waals surface area contributed by atoms with E-state index in [4.69, 9.17) is 14.6 Å². The lowest BCUT2D eigenvalue weighted by Crippen LogP contribution is -2.59. The Morgan fingerprint density at radius 3 is 2.35 bits per heavy atom. The molecule has 4 N–H and O–H groups in total. The number of hydrogen-bond donors (Lipinski definition) is 4. The molecule has 0 aromatic heterocycles. The molecule has 6 heteroatoms. The van der Waals surface area contributed by atoms with E-state index in [-0.39, 0.29) is 6.10 Å². The molecule has 6 nitrogen and oxygen atoms in total. The van der Waals surface area contributed by atoms with E-state index in [0.29, 0.717) is 0 Å². The Bertz CT molecular complexity index is 260. The number of ether oxygens (including phenoxy) is 2. The van der Waals surface area contributed by atoms with Crippen molar-refractivity contribution in [1.82, 2.24) is 0 Å². The van der Waals surface area contributed by atoms with Gasteiger partial charge < -0.3 is 29.9 Å². The second-order valence-corrected chi connectivity index (χ2v) is 5.49. The largest absolute Gasteiger partial charge is 0.394 e. The van der Waals surface area contributed by atoms with Gasteiger partial charge in [-0.15, -0.1) is 0 Å². The highest BCUT2D eigenvalue weighted by molar-refractivity contribution is 4.89. The third-order valence-electron chi connectivity index (χ3n) is 3.68. The summed E-state index contributed by atoms with van der Waals surface area (Å²) in [6.07, 6.45) is -0.709. The Labute approximate surface area is 120 Å². The summed E-state index contributed by atoms with van der Waals surface area (Å²) in [5.41, 5.74) is 0. The molecule has 0 saturated carbocycles. The summed E-state index contributed by atoms with van der Waals surface area (Å²) in [7, 11) is 0. The molecule has 0 aliphatic carbocycles. The molecular formula is C14H28O6. The molecule has 1 heterocycles. The van der Waals surface area contributed by atoms with Crippen molar-refractivity contribution in [1.29, 1.82) is 0 Å². The maximum absolute atomic E-state index is 9.84. The van der Waals surface area contributed by atoms with Gasteiger partial charge >= 0.3 is 0 Å². The van der Waals surface area contributed by atoms with E-state index in [9.17, 15) is 15.3 Å². The van der Waals surface area contributed by atoms with Crippen molar-refractivity contribution >= 4 is 0 Å². The summed E-state index contributed by atoms with van der Waals surface area (Å²) in [5.74, 6) is 0. The van der Waals surface area contributed by atoms with Crippen molar-refractivity contribution in [3.8, 4) is 0 Å². The van der Waals surface area contributed by atoms with E-state index in [1.165, 1.54) is 12.8 Å². The Morgan fingerprint density at radius 1 is 1.05 bits per heavy atom. The lowest BCUT2D eigenvalue weighted by Gasteiger charge is -2.40. The summed E-state index contributed by atoms with van der Waals surface area (Å²) in [6.45, 7) is 3.59. The van der Waals surface area contributed by atoms with Crippen LogP contribution in [0.1, 0.15) is 46.0 Å². The third-order valence-corrected chi connectivity index (χ3v) is 3.68. The van der Waals surface area contributed by atoms with Gasteiger partial charge in [0.25, 0.3) is 0 Å². The van der Waals surface area contributed by atoms with Crippen LogP contribution in [0.25, 0.3) is 0 Å². The van der Waals surface area contributed by atoms with Crippen molar-refractivity contribution in [3.63, 3.8) is 0 Å². The molecule has 0 spiro atoms. The minimum Gasteiger partial charge on any atom is -0.394 e. The fraction of sp³-hybridized carbons (Fsp3) is 1.00. The first kappa shape index (κ1) is 17.8. The van der Waals surface area contributed by atoms with Crippen LogP contribution in [0.4, 0.5) is 0 Å². The molecule has 20 heavy (non-hydrogen) atoms. The van der Waals surface area contributed by atoms with Crippen LogP contribution in [0.5, 0.6) is 0 Å². The average molecular weight is 292 g/mol. The molecule has 0 aromatic carbocycles. The number of aliphatic hydroxyl groups is 4. The molecule has 0 aromatic rings. The van der Waals surface area contributed by atoms with Crippen LogP contribution in [0.15, 0.2) is 0 Å². The normalized spacial score (nSPS) is 36.0. The fourth-order valence-electron chi connectivity index (χ4n) is 2.34. The van der Waals surface area contributed by atoms with Gasteiger partial charge in [0, 0.05) is 0 Å². The summed E-state index contributed by atoms with van der Waals surface area (Å²) >= 11 is 0. The maximum atomic E-state index is 9.84. The van der Waals surface area contributed by atoms with Gasteiger partial charge in [0.1, 0.15) is 24.4 Å². The van der Waals surface area contributed by atoms with Crippen LogP contribution in [-0.4, -0.2) is 63.8 Å². The number of hydrogen-bond acceptors (Lipinski definition) is 6. The van der Waals surface area contributed by atoms with Crippen LogP contribution in [-0.2, 0) is 9.47 Å². The Kier molecular flexibility index (Phi) is 7.94. The second-order valence-electron chi connectivity index (χ2n) is 5.49. The van der Waals surface area contributed by atoms with Crippen molar-refractivity contribution in [2.75, 3.05) is 6.61 Å². The van der Waals surface area contributed by atoms with Crippen LogP contribution < -0.4 is 0 Å². The second kappa shape index (κ2) is 8.92. The predicted octanol–water partition coefficient (Wildman–Crippen LogP) is 0.162. The summed E-state index contributed by atoms with van der Waals surface area (Å²) in [5, 5.41) is 38.2. The van der Waals surface area contributed by atoms with E-state index >= 15 is 0 Å². The molecule has 1 unspecified atom stereocenters. The third kappa shape index (κ3) is 4.95. The highest BCUT2D eigenvalue weighted by atomic mass is 16.7. The van der Waals surface area contributed by atoms with Crippen molar-refractivity contribution < 1.29 is 29.9 Å². The van der Waals surface area contributed by atoms with Gasteiger partial charge in [0.05, 0.1) is 12.7 Å². The van der Waals surface area contributed by atoms with Crippen molar-refractivity contribution in [2.45, 2.75) is 82.8 Å². The molecule has 1 aliphatic heterocycles. The molecule has 1 saturated heterocycles. The zero-order valence-electron chi connectivity index (χ0n) is 12.3. The van der Waals surface area contributed by atoms with Gasteiger partial charge in [-0.3, -0.25) is 0 Å².